The van der Waals surface area contributed by atoms with Crippen molar-refractivity contribution in [1.29, 1.82) is 0 Å². The number of nitrogens with zero attached hydrogens (tertiary/aromatic N) is 2. The summed E-state index contributed by atoms with van der Waals surface area (Å²) >= 11 is 0. The van der Waals surface area contributed by atoms with Crippen molar-refractivity contribution in [3.8, 4) is 0 Å². The topological polar surface area (TPSA) is 50.3 Å². The smallest absolute Gasteiger partial charge is 0.178 e. The van der Waals surface area contributed by atoms with Crippen LogP contribution in [0.3, 0.4) is 0 Å². The van der Waals surface area contributed by atoms with E-state index in [9.17, 15) is 9.59 Å². The van der Waals surface area contributed by atoms with Crippen LogP contribution in [0.25, 0.3) is 0 Å². The summed E-state index contributed by atoms with van der Waals surface area (Å²) in [5, 5.41) is 0. The third-order valence-electron chi connectivity index (χ3n) is 3.00. The zero-order chi connectivity index (χ0) is 12.4. The third kappa shape index (κ3) is 2.52. The van der Waals surface area contributed by atoms with Crippen molar-refractivity contribution in [2.75, 3.05) is 18.0 Å². The van der Waals surface area contributed by atoms with Gasteiger partial charge >= 0.3 is 0 Å². The van der Waals surface area contributed by atoms with Crippen molar-refractivity contribution in [1.82, 2.24) is 4.98 Å². The molecule has 1 aliphatic rings. The summed E-state index contributed by atoms with van der Waals surface area (Å²) < 4.78 is 0. The lowest BCUT2D eigenvalue weighted by molar-refractivity contribution is 0.101. The van der Waals surface area contributed by atoms with Crippen molar-refractivity contribution in [3.63, 3.8) is 0 Å². The molecule has 0 radical (unpaired) electrons. The Bertz CT molecular complexity index is 430. The Kier molecular flexibility index (Phi) is 3.22. The Morgan fingerprint density at radius 3 is 1.94 bits per heavy atom. The minimum Gasteiger partial charge on any atom is -0.371 e. The zero-order valence-corrected chi connectivity index (χ0v) is 10.2. The van der Waals surface area contributed by atoms with Gasteiger partial charge in [-0.3, -0.25) is 9.59 Å². The van der Waals surface area contributed by atoms with Crippen LogP contribution < -0.4 is 4.90 Å². The Hall–Kier alpha value is -1.71. The second kappa shape index (κ2) is 4.65. The van der Waals surface area contributed by atoms with Gasteiger partial charge in [0.1, 0.15) is 11.4 Å². The van der Waals surface area contributed by atoms with Crippen LogP contribution in [0.2, 0.25) is 0 Å². The van der Waals surface area contributed by atoms with Gasteiger partial charge in [0.05, 0.1) is 0 Å². The lowest BCUT2D eigenvalue weighted by Gasteiger charge is -2.18. The van der Waals surface area contributed by atoms with E-state index in [2.05, 4.69) is 9.88 Å². The summed E-state index contributed by atoms with van der Waals surface area (Å²) in [7, 11) is 0. The number of anilines is 1. The Labute approximate surface area is 101 Å². The van der Waals surface area contributed by atoms with Gasteiger partial charge in [-0.05, 0) is 25.0 Å². The molecule has 0 aliphatic carbocycles. The van der Waals surface area contributed by atoms with Crippen LogP contribution in [-0.2, 0) is 0 Å². The van der Waals surface area contributed by atoms with Crippen LogP contribution in [0.15, 0.2) is 12.1 Å². The first kappa shape index (κ1) is 11.8. The maximum Gasteiger partial charge on any atom is 0.178 e. The number of hydrogen-bond donors (Lipinski definition) is 0. The maximum atomic E-state index is 11.4. The predicted octanol–water partition coefficient (Wildman–Crippen LogP) is 2.09. The summed E-state index contributed by atoms with van der Waals surface area (Å²) in [6, 6.07) is 3.56. The number of Topliss-reactive ketones (excluding diaryl/α,β-unsaturated/α-hetero) is 2. The largest absolute Gasteiger partial charge is 0.371 e. The van der Waals surface area contributed by atoms with E-state index in [1.807, 2.05) is 0 Å². The van der Waals surface area contributed by atoms with Gasteiger partial charge in [0.15, 0.2) is 11.6 Å². The molecular weight excluding hydrogens is 216 g/mol. The summed E-state index contributed by atoms with van der Waals surface area (Å²) in [4.78, 5) is 29.1. The lowest BCUT2D eigenvalue weighted by atomic mass is 10.2. The predicted molar refractivity (Wildman–Crippen MR) is 65.7 cm³/mol. The van der Waals surface area contributed by atoms with E-state index in [0.29, 0.717) is 11.4 Å². The van der Waals surface area contributed by atoms with Gasteiger partial charge in [0.2, 0.25) is 0 Å². The van der Waals surface area contributed by atoms with Crippen molar-refractivity contribution in [3.05, 3.63) is 23.5 Å². The first-order valence-electron chi connectivity index (χ1n) is 5.87. The van der Waals surface area contributed by atoms with E-state index < -0.39 is 0 Å². The monoisotopic (exact) mass is 232 g/mol. The molecule has 0 bridgehead atoms. The van der Waals surface area contributed by atoms with Gasteiger partial charge in [-0.15, -0.1) is 0 Å². The molecule has 17 heavy (non-hydrogen) atoms. The minimum atomic E-state index is -0.103. The van der Waals surface area contributed by atoms with Gasteiger partial charge in [-0.1, -0.05) is 0 Å². The fourth-order valence-electron chi connectivity index (χ4n) is 2.03. The number of rotatable bonds is 3. The van der Waals surface area contributed by atoms with E-state index in [1.165, 1.54) is 13.8 Å². The number of pyridine rings is 1. The molecule has 90 valence electrons. The van der Waals surface area contributed by atoms with Crippen molar-refractivity contribution in [2.24, 2.45) is 0 Å². The van der Waals surface area contributed by atoms with Gasteiger partial charge in [-0.25, -0.2) is 4.98 Å². The Balaban J connectivity index is 2.43. The summed E-state index contributed by atoms with van der Waals surface area (Å²) in [6.07, 6.45) is 2.32. The molecular formula is C13H16N2O2. The van der Waals surface area contributed by atoms with Gasteiger partial charge in [0, 0.05) is 32.6 Å². The first-order chi connectivity index (χ1) is 8.08. The summed E-state index contributed by atoms with van der Waals surface area (Å²) in [5.41, 5.74) is 1.69. The highest BCUT2D eigenvalue weighted by atomic mass is 16.1. The first-order valence-corrected chi connectivity index (χ1v) is 5.87. The number of hydrogen-bond acceptors (Lipinski definition) is 4. The molecule has 1 aliphatic heterocycles. The SMILES string of the molecule is CC(=O)c1cc(N2CCCC2)cc(C(C)=O)n1. The molecule has 1 aromatic rings. The van der Waals surface area contributed by atoms with Crippen molar-refractivity contribution < 1.29 is 9.59 Å². The number of carbonyl (C=O) groups excluding carboxylic acids is 2. The molecule has 2 heterocycles. The molecule has 4 nitrogen and oxygen atoms in total. The molecule has 0 N–H and O–H groups in total. The van der Waals surface area contributed by atoms with Crippen LogP contribution in [0.1, 0.15) is 47.7 Å². The van der Waals surface area contributed by atoms with E-state index >= 15 is 0 Å². The molecule has 1 aromatic heterocycles. The van der Waals surface area contributed by atoms with E-state index in [4.69, 9.17) is 0 Å². The fraction of sp³-hybridized carbons (Fsp3) is 0.462. The standard InChI is InChI=1S/C13H16N2O2/c1-9(16)12-7-11(15-5-3-4-6-15)8-13(14-12)10(2)17/h7-8H,3-6H2,1-2H3. The van der Waals surface area contributed by atoms with Crippen molar-refractivity contribution in [2.45, 2.75) is 26.7 Å². The van der Waals surface area contributed by atoms with Gasteiger partial charge in [0.25, 0.3) is 0 Å². The fourth-order valence-corrected chi connectivity index (χ4v) is 2.03. The average molecular weight is 232 g/mol. The minimum absolute atomic E-state index is 0.103. The Morgan fingerprint density at radius 1 is 1.06 bits per heavy atom. The number of ketones is 2. The Morgan fingerprint density at radius 2 is 1.53 bits per heavy atom. The number of carbonyl (C=O) groups is 2. The van der Waals surface area contributed by atoms with Crippen LogP contribution in [0, 0.1) is 0 Å². The third-order valence-corrected chi connectivity index (χ3v) is 3.00. The molecule has 2 rings (SSSR count). The molecule has 0 saturated carbocycles. The second-order valence-electron chi connectivity index (χ2n) is 4.40. The lowest BCUT2D eigenvalue weighted by Crippen LogP contribution is -2.19. The normalized spacial score (nSPS) is 15.1. The molecule has 0 amide bonds. The second-order valence-corrected chi connectivity index (χ2v) is 4.40. The molecule has 1 saturated heterocycles. The van der Waals surface area contributed by atoms with Gasteiger partial charge < -0.3 is 4.90 Å². The quantitative estimate of drug-likeness (QED) is 0.749. The van der Waals surface area contributed by atoms with Crippen LogP contribution in [-0.4, -0.2) is 29.6 Å². The molecule has 4 heteroatoms. The van der Waals surface area contributed by atoms with E-state index in [-0.39, 0.29) is 11.6 Å². The highest BCUT2D eigenvalue weighted by molar-refractivity contribution is 5.97. The molecule has 0 atom stereocenters. The van der Waals surface area contributed by atoms with Crippen molar-refractivity contribution >= 4 is 17.3 Å². The van der Waals surface area contributed by atoms with Crippen LogP contribution >= 0.6 is 0 Å². The highest BCUT2D eigenvalue weighted by Gasteiger charge is 2.16. The van der Waals surface area contributed by atoms with Crippen LogP contribution in [0.4, 0.5) is 5.69 Å². The highest BCUT2D eigenvalue weighted by Crippen LogP contribution is 2.22. The van der Waals surface area contributed by atoms with Gasteiger partial charge in [-0.2, -0.15) is 0 Å². The van der Waals surface area contributed by atoms with Crippen LogP contribution in [0.5, 0.6) is 0 Å². The maximum absolute atomic E-state index is 11.4. The number of aromatic nitrogens is 1. The zero-order valence-electron chi connectivity index (χ0n) is 10.2. The molecule has 0 spiro atoms. The average Bonchev–Trinajstić information content (AvgIpc) is 2.81. The van der Waals surface area contributed by atoms with E-state index in [1.54, 1.807) is 12.1 Å². The van der Waals surface area contributed by atoms with E-state index in [0.717, 1.165) is 31.6 Å². The summed E-state index contributed by atoms with van der Waals surface area (Å²) in [5.74, 6) is -0.206. The molecule has 0 aromatic carbocycles. The summed E-state index contributed by atoms with van der Waals surface area (Å²) in [6.45, 7) is 4.91. The molecule has 0 unspecified atom stereocenters. The molecule has 1 fully saturated rings.